The second-order valence-electron chi connectivity index (χ2n) is 10.8. The highest BCUT2D eigenvalue weighted by molar-refractivity contribution is 9.10. The summed E-state index contributed by atoms with van der Waals surface area (Å²) < 4.78 is 11.9. The molecule has 0 fully saturated rings. The molecule has 2 unspecified atom stereocenters. The summed E-state index contributed by atoms with van der Waals surface area (Å²) in [6, 6.07) is 20.4. The van der Waals surface area contributed by atoms with Gasteiger partial charge < -0.3 is 20.1 Å². The van der Waals surface area contributed by atoms with E-state index < -0.39 is 0 Å². The summed E-state index contributed by atoms with van der Waals surface area (Å²) >= 11 is 3.73. The Morgan fingerprint density at radius 2 is 1.54 bits per heavy atom. The molecule has 0 amide bonds. The van der Waals surface area contributed by atoms with E-state index in [-0.39, 0.29) is 23.2 Å². The van der Waals surface area contributed by atoms with Gasteiger partial charge in [-0.15, -0.1) is 0 Å². The Labute approximate surface area is 227 Å². The molecule has 0 saturated heterocycles. The van der Waals surface area contributed by atoms with Gasteiger partial charge in [-0.25, -0.2) is 0 Å². The number of anilines is 2. The van der Waals surface area contributed by atoms with Gasteiger partial charge in [0.25, 0.3) is 0 Å². The molecule has 3 aromatic rings. The van der Waals surface area contributed by atoms with Crippen LogP contribution in [0.5, 0.6) is 11.5 Å². The SMILES string of the molecule is COc1cc(Br)c(C2Nc3ccccc3NC3=C2C(=O)CC(c2ccc(C(C)(C)C)cc2)C3)cc1OC. The maximum absolute atomic E-state index is 13.9. The van der Waals surface area contributed by atoms with Crippen LogP contribution in [0.1, 0.15) is 62.3 Å². The van der Waals surface area contributed by atoms with Crippen LogP contribution in [0.2, 0.25) is 0 Å². The molecule has 6 heteroatoms. The molecule has 1 aliphatic heterocycles. The maximum Gasteiger partial charge on any atom is 0.163 e. The summed E-state index contributed by atoms with van der Waals surface area (Å²) in [7, 11) is 3.24. The van der Waals surface area contributed by atoms with Crippen LogP contribution in [0, 0.1) is 0 Å². The third-order valence-corrected chi connectivity index (χ3v) is 8.06. The van der Waals surface area contributed by atoms with Crippen molar-refractivity contribution >= 4 is 33.1 Å². The summed E-state index contributed by atoms with van der Waals surface area (Å²) in [5, 5.41) is 7.27. The zero-order chi connectivity index (χ0) is 26.3. The van der Waals surface area contributed by atoms with Crippen LogP contribution in [0.3, 0.4) is 0 Å². The summed E-state index contributed by atoms with van der Waals surface area (Å²) in [4.78, 5) is 13.9. The number of fused-ring (bicyclic) bond motifs is 1. The van der Waals surface area contributed by atoms with Crippen molar-refractivity contribution < 1.29 is 14.3 Å². The van der Waals surface area contributed by atoms with E-state index >= 15 is 0 Å². The van der Waals surface area contributed by atoms with Crippen LogP contribution in [0.15, 0.2) is 76.4 Å². The Morgan fingerprint density at radius 1 is 0.892 bits per heavy atom. The predicted octanol–water partition coefficient (Wildman–Crippen LogP) is 7.74. The molecule has 0 bridgehead atoms. The van der Waals surface area contributed by atoms with Crippen LogP contribution < -0.4 is 20.1 Å². The summed E-state index contributed by atoms with van der Waals surface area (Å²) in [6.45, 7) is 6.65. The lowest BCUT2D eigenvalue weighted by molar-refractivity contribution is -0.116. The van der Waals surface area contributed by atoms with Crippen molar-refractivity contribution in [3.05, 3.63) is 93.1 Å². The summed E-state index contributed by atoms with van der Waals surface area (Å²) in [5.74, 6) is 1.52. The van der Waals surface area contributed by atoms with Gasteiger partial charge in [-0.1, -0.05) is 73.1 Å². The zero-order valence-corrected chi connectivity index (χ0v) is 23.5. The van der Waals surface area contributed by atoms with E-state index in [0.717, 1.165) is 39.1 Å². The van der Waals surface area contributed by atoms with Crippen molar-refractivity contribution in [1.29, 1.82) is 0 Å². The fourth-order valence-corrected chi connectivity index (χ4v) is 5.86. The Bertz CT molecular complexity index is 1370. The van der Waals surface area contributed by atoms with Crippen LogP contribution >= 0.6 is 15.9 Å². The molecule has 37 heavy (non-hydrogen) atoms. The number of nitrogens with one attached hydrogen (secondary N) is 2. The van der Waals surface area contributed by atoms with E-state index in [9.17, 15) is 4.79 Å². The Kier molecular flexibility index (Phi) is 6.80. The molecule has 0 radical (unpaired) electrons. The Morgan fingerprint density at radius 3 is 2.19 bits per heavy atom. The van der Waals surface area contributed by atoms with E-state index in [1.807, 2.05) is 36.4 Å². The van der Waals surface area contributed by atoms with Gasteiger partial charge in [-0.05, 0) is 58.7 Å². The summed E-state index contributed by atoms with van der Waals surface area (Å²) in [6.07, 6.45) is 1.22. The number of hydrogen-bond donors (Lipinski definition) is 2. The molecule has 1 heterocycles. The van der Waals surface area contributed by atoms with Crippen LogP contribution in [-0.4, -0.2) is 20.0 Å². The quantitative estimate of drug-likeness (QED) is 0.341. The first-order valence-corrected chi connectivity index (χ1v) is 13.4. The van der Waals surface area contributed by atoms with Crippen LogP contribution in [0.25, 0.3) is 0 Å². The molecular weight excluding hydrogens is 528 g/mol. The molecule has 1 aliphatic carbocycles. The van der Waals surface area contributed by atoms with Gasteiger partial charge in [0.1, 0.15) is 0 Å². The number of methoxy groups -OCH3 is 2. The van der Waals surface area contributed by atoms with Crippen molar-refractivity contribution in [2.24, 2.45) is 0 Å². The van der Waals surface area contributed by atoms with E-state index in [0.29, 0.717) is 17.9 Å². The predicted molar refractivity (Wildman–Crippen MR) is 153 cm³/mol. The highest BCUT2D eigenvalue weighted by atomic mass is 79.9. The average Bonchev–Trinajstić information content (AvgIpc) is 3.05. The Balaban J connectivity index is 1.59. The minimum atomic E-state index is -0.350. The normalized spacial score (nSPS) is 19.2. The van der Waals surface area contributed by atoms with Gasteiger partial charge in [0.15, 0.2) is 17.3 Å². The molecule has 2 atom stereocenters. The molecule has 192 valence electrons. The number of para-hydroxylation sites is 2. The smallest absolute Gasteiger partial charge is 0.163 e. The van der Waals surface area contributed by atoms with Gasteiger partial charge in [-0.2, -0.15) is 0 Å². The van der Waals surface area contributed by atoms with Crippen LogP contribution in [-0.2, 0) is 10.2 Å². The molecule has 2 aliphatic rings. The van der Waals surface area contributed by atoms with Gasteiger partial charge in [0.05, 0.1) is 31.6 Å². The first kappa shape index (κ1) is 25.4. The third-order valence-electron chi connectivity index (χ3n) is 7.37. The number of rotatable bonds is 4. The monoisotopic (exact) mass is 560 g/mol. The van der Waals surface area contributed by atoms with Crippen molar-refractivity contribution in [1.82, 2.24) is 0 Å². The van der Waals surface area contributed by atoms with Gasteiger partial charge in [0.2, 0.25) is 0 Å². The lowest BCUT2D eigenvalue weighted by Crippen LogP contribution is -2.27. The number of halogens is 1. The highest BCUT2D eigenvalue weighted by Gasteiger charge is 2.37. The second kappa shape index (κ2) is 9.90. The lowest BCUT2D eigenvalue weighted by atomic mass is 9.77. The number of benzene rings is 3. The minimum absolute atomic E-state index is 0.0921. The summed E-state index contributed by atoms with van der Waals surface area (Å²) in [5.41, 5.74) is 7.15. The maximum atomic E-state index is 13.9. The number of Topliss-reactive ketones (excluding diaryl/α,β-unsaturated/α-hetero) is 1. The van der Waals surface area contributed by atoms with Gasteiger partial charge in [0, 0.05) is 22.2 Å². The molecular formula is C31H33BrN2O3. The van der Waals surface area contributed by atoms with Crippen molar-refractivity contribution in [3.63, 3.8) is 0 Å². The van der Waals surface area contributed by atoms with E-state index in [1.165, 1.54) is 11.1 Å². The highest BCUT2D eigenvalue weighted by Crippen LogP contribution is 2.47. The number of carbonyl (C=O) groups is 1. The van der Waals surface area contributed by atoms with Gasteiger partial charge in [-0.3, -0.25) is 4.79 Å². The Hall–Kier alpha value is -3.25. The van der Waals surface area contributed by atoms with E-state index in [2.05, 4.69) is 71.6 Å². The standard InChI is InChI=1S/C31H33BrN2O3/c1-31(2,3)20-12-10-18(11-13-20)19-14-25-29(26(35)15-19)30(34-24-9-7-6-8-23(24)33-25)21-16-27(36-4)28(37-5)17-22(21)32/h6-13,16-17,19,30,33-34H,14-15H2,1-5H3. The number of allylic oxidation sites excluding steroid dienone is 1. The van der Waals surface area contributed by atoms with Gasteiger partial charge >= 0.3 is 0 Å². The lowest BCUT2D eigenvalue weighted by Gasteiger charge is -2.31. The third kappa shape index (κ3) is 4.87. The second-order valence-corrected chi connectivity index (χ2v) is 11.6. The minimum Gasteiger partial charge on any atom is -0.493 e. The first-order chi connectivity index (χ1) is 17.7. The molecule has 3 aromatic carbocycles. The number of ether oxygens (including phenoxy) is 2. The molecule has 0 spiro atoms. The largest absolute Gasteiger partial charge is 0.493 e. The van der Waals surface area contributed by atoms with E-state index in [1.54, 1.807) is 14.2 Å². The average molecular weight is 562 g/mol. The molecule has 0 saturated carbocycles. The fourth-order valence-electron chi connectivity index (χ4n) is 5.31. The number of carbonyl (C=O) groups excluding carboxylic acids is 1. The topological polar surface area (TPSA) is 59.6 Å². The molecule has 5 nitrogen and oxygen atoms in total. The molecule has 0 aromatic heterocycles. The van der Waals surface area contributed by atoms with Crippen LogP contribution in [0.4, 0.5) is 11.4 Å². The number of hydrogen-bond acceptors (Lipinski definition) is 5. The zero-order valence-electron chi connectivity index (χ0n) is 21.9. The fraction of sp³-hybridized carbons (Fsp3) is 0.323. The number of ketones is 1. The molecule has 5 rings (SSSR count). The van der Waals surface area contributed by atoms with Crippen molar-refractivity contribution in [3.8, 4) is 11.5 Å². The van der Waals surface area contributed by atoms with E-state index in [4.69, 9.17) is 9.47 Å². The van der Waals surface area contributed by atoms with Crippen molar-refractivity contribution in [2.75, 3.05) is 24.9 Å². The van der Waals surface area contributed by atoms with Crippen molar-refractivity contribution in [2.45, 2.75) is 51.0 Å². The first-order valence-electron chi connectivity index (χ1n) is 12.6. The molecule has 2 N–H and O–H groups in total.